The van der Waals surface area contributed by atoms with E-state index < -0.39 is 10.0 Å². The first-order valence-electron chi connectivity index (χ1n) is 6.12. The fraction of sp³-hybridized carbons (Fsp3) is 0.0714. The van der Waals surface area contributed by atoms with Crippen molar-refractivity contribution in [1.82, 2.24) is 5.16 Å². The highest BCUT2D eigenvalue weighted by Crippen LogP contribution is 2.28. The fourth-order valence-corrected chi connectivity index (χ4v) is 3.17. The topological polar surface area (TPSA) is 81.4 Å². The van der Waals surface area contributed by atoms with Crippen LogP contribution in [0.15, 0.2) is 57.9 Å². The zero-order valence-electron chi connectivity index (χ0n) is 11.1. The molecule has 0 bridgehead atoms. The van der Waals surface area contributed by atoms with Gasteiger partial charge in [0.1, 0.15) is 10.6 Å². The Morgan fingerprint density at radius 1 is 1.10 bits per heavy atom. The Kier molecular flexibility index (Phi) is 3.26. The van der Waals surface area contributed by atoms with Crippen LogP contribution in [0.25, 0.3) is 11.0 Å². The van der Waals surface area contributed by atoms with E-state index in [-0.39, 0.29) is 16.5 Å². The molecular weight excluding hydrogens is 292 g/mol. The monoisotopic (exact) mass is 304 g/mol. The second-order valence-corrected chi connectivity index (χ2v) is 5.93. The zero-order valence-corrected chi connectivity index (χ0v) is 11.9. The molecule has 0 fully saturated rings. The molecule has 0 unspecified atom stereocenters. The minimum Gasteiger partial charge on any atom is -0.495 e. The summed E-state index contributed by atoms with van der Waals surface area (Å²) in [7, 11) is -2.40. The number of benzene rings is 2. The van der Waals surface area contributed by atoms with Crippen molar-refractivity contribution in [3.8, 4) is 5.75 Å². The minimum absolute atomic E-state index is 0.0413. The molecule has 3 rings (SSSR count). The van der Waals surface area contributed by atoms with Crippen LogP contribution in [-0.4, -0.2) is 20.7 Å². The van der Waals surface area contributed by atoms with Crippen LogP contribution in [0.4, 0.5) is 5.82 Å². The second kappa shape index (κ2) is 5.10. The fourth-order valence-electron chi connectivity index (χ4n) is 1.98. The van der Waals surface area contributed by atoms with E-state index in [0.29, 0.717) is 11.0 Å². The molecule has 1 aromatic heterocycles. The molecule has 3 aromatic rings. The van der Waals surface area contributed by atoms with Crippen molar-refractivity contribution in [2.45, 2.75) is 4.90 Å². The molecule has 6 nitrogen and oxygen atoms in total. The SMILES string of the molecule is COc1ccccc1S(=O)(=O)Nc1noc2ccccc12. The number of aromatic nitrogens is 1. The van der Waals surface area contributed by atoms with Gasteiger partial charge in [0.15, 0.2) is 11.4 Å². The minimum atomic E-state index is -3.81. The number of nitrogens with zero attached hydrogens (tertiary/aromatic N) is 1. The summed E-state index contributed by atoms with van der Waals surface area (Å²) in [6.07, 6.45) is 0. The van der Waals surface area contributed by atoms with Crippen LogP contribution in [0.5, 0.6) is 5.75 Å². The maximum absolute atomic E-state index is 12.5. The predicted molar refractivity (Wildman–Crippen MR) is 77.8 cm³/mol. The van der Waals surface area contributed by atoms with Crippen molar-refractivity contribution in [3.05, 3.63) is 48.5 Å². The first-order chi connectivity index (χ1) is 10.1. The second-order valence-electron chi connectivity index (χ2n) is 4.28. The lowest BCUT2D eigenvalue weighted by Gasteiger charge is -2.09. The molecule has 108 valence electrons. The molecule has 21 heavy (non-hydrogen) atoms. The molecule has 0 aliphatic heterocycles. The van der Waals surface area contributed by atoms with Crippen LogP contribution in [0.3, 0.4) is 0 Å². The average Bonchev–Trinajstić information content (AvgIpc) is 2.90. The molecule has 1 heterocycles. The van der Waals surface area contributed by atoms with E-state index in [2.05, 4.69) is 9.88 Å². The van der Waals surface area contributed by atoms with Gasteiger partial charge in [-0.3, -0.25) is 4.72 Å². The predicted octanol–water partition coefficient (Wildman–Crippen LogP) is 2.64. The first kappa shape index (κ1) is 13.4. The number of ether oxygens (including phenoxy) is 1. The molecular formula is C14H12N2O4S. The molecule has 1 N–H and O–H groups in total. The molecule has 0 aliphatic carbocycles. The lowest BCUT2D eigenvalue weighted by molar-refractivity contribution is 0.403. The Morgan fingerprint density at radius 3 is 2.62 bits per heavy atom. The number of rotatable bonds is 4. The Labute approximate surface area is 121 Å². The van der Waals surface area contributed by atoms with Crippen molar-refractivity contribution < 1.29 is 17.7 Å². The number of fused-ring (bicyclic) bond motifs is 1. The van der Waals surface area contributed by atoms with Gasteiger partial charge in [-0.2, -0.15) is 0 Å². The largest absolute Gasteiger partial charge is 0.495 e. The van der Waals surface area contributed by atoms with E-state index in [9.17, 15) is 8.42 Å². The summed E-state index contributed by atoms with van der Waals surface area (Å²) in [5.74, 6) is 0.411. The number of anilines is 1. The average molecular weight is 304 g/mol. The van der Waals surface area contributed by atoms with Gasteiger partial charge in [0.2, 0.25) is 0 Å². The van der Waals surface area contributed by atoms with Crippen LogP contribution in [0, 0.1) is 0 Å². The normalized spacial score (nSPS) is 11.5. The molecule has 7 heteroatoms. The van der Waals surface area contributed by atoms with Gasteiger partial charge in [-0.25, -0.2) is 8.42 Å². The number of para-hydroxylation sites is 2. The van der Waals surface area contributed by atoms with Gasteiger partial charge in [-0.05, 0) is 24.3 Å². The third-order valence-electron chi connectivity index (χ3n) is 2.97. The van der Waals surface area contributed by atoms with Gasteiger partial charge in [0, 0.05) is 0 Å². The van der Waals surface area contributed by atoms with E-state index in [0.717, 1.165) is 0 Å². The van der Waals surface area contributed by atoms with Gasteiger partial charge in [0.25, 0.3) is 10.0 Å². The van der Waals surface area contributed by atoms with Gasteiger partial charge in [0.05, 0.1) is 12.5 Å². The summed E-state index contributed by atoms with van der Waals surface area (Å²) < 4.78 is 37.5. The van der Waals surface area contributed by atoms with Crippen molar-refractivity contribution in [1.29, 1.82) is 0 Å². The summed E-state index contributed by atoms with van der Waals surface area (Å²) in [5.41, 5.74) is 0.509. The van der Waals surface area contributed by atoms with Gasteiger partial charge in [-0.15, -0.1) is 0 Å². The van der Waals surface area contributed by atoms with Crippen LogP contribution >= 0.6 is 0 Å². The summed E-state index contributed by atoms with van der Waals surface area (Å²) in [5, 5.41) is 4.35. The summed E-state index contributed by atoms with van der Waals surface area (Å²) in [4.78, 5) is 0.0413. The van der Waals surface area contributed by atoms with Crippen molar-refractivity contribution in [3.63, 3.8) is 0 Å². The first-order valence-corrected chi connectivity index (χ1v) is 7.60. The highest BCUT2D eigenvalue weighted by molar-refractivity contribution is 7.92. The Balaban J connectivity index is 2.04. The molecule has 2 aromatic carbocycles. The van der Waals surface area contributed by atoms with Gasteiger partial charge < -0.3 is 9.26 Å². The number of sulfonamides is 1. The lowest BCUT2D eigenvalue weighted by Crippen LogP contribution is -2.14. The third-order valence-corrected chi connectivity index (χ3v) is 4.35. The number of methoxy groups -OCH3 is 1. The Bertz CT molecular complexity index is 887. The molecule has 0 atom stereocenters. The molecule has 0 saturated heterocycles. The van der Waals surface area contributed by atoms with E-state index in [4.69, 9.17) is 9.26 Å². The van der Waals surface area contributed by atoms with Crippen LogP contribution in [-0.2, 0) is 10.0 Å². The van der Waals surface area contributed by atoms with Crippen LogP contribution in [0.2, 0.25) is 0 Å². The van der Waals surface area contributed by atoms with E-state index in [1.807, 2.05) is 0 Å². The molecule has 0 aliphatic rings. The van der Waals surface area contributed by atoms with Crippen LogP contribution < -0.4 is 9.46 Å². The van der Waals surface area contributed by atoms with Gasteiger partial charge >= 0.3 is 0 Å². The standard InChI is InChI=1S/C14H12N2O4S/c1-19-12-8-4-5-9-13(12)21(17,18)16-14-10-6-2-3-7-11(10)20-15-14/h2-9H,1H3,(H,15,16). The van der Waals surface area contributed by atoms with E-state index in [1.165, 1.54) is 13.2 Å². The maximum Gasteiger partial charge on any atom is 0.266 e. The maximum atomic E-state index is 12.5. The smallest absolute Gasteiger partial charge is 0.266 e. The van der Waals surface area contributed by atoms with Crippen molar-refractivity contribution >= 4 is 26.8 Å². The molecule has 0 amide bonds. The highest BCUT2D eigenvalue weighted by Gasteiger charge is 2.21. The highest BCUT2D eigenvalue weighted by atomic mass is 32.2. The zero-order chi connectivity index (χ0) is 14.9. The van der Waals surface area contributed by atoms with Crippen molar-refractivity contribution in [2.24, 2.45) is 0 Å². The number of hydrogen-bond donors (Lipinski definition) is 1. The molecule has 0 spiro atoms. The Hall–Kier alpha value is -2.54. The van der Waals surface area contributed by atoms with Gasteiger partial charge in [-0.1, -0.05) is 29.4 Å². The summed E-state index contributed by atoms with van der Waals surface area (Å²) in [6, 6.07) is 13.4. The molecule has 0 saturated carbocycles. The number of hydrogen-bond acceptors (Lipinski definition) is 5. The third kappa shape index (κ3) is 2.43. The van der Waals surface area contributed by atoms with Crippen molar-refractivity contribution in [2.75, 3.05) is 11.8 Å². The van der Waals surface area contributed by atoms with E-state index in [1.54, 1.807) is 42.5 Å². The van der Waals surface area contributed by atoms with Crippen LogP contribution in [0.1, 0.15) is 0 Å². The van der Waals surface area contributed by atoms with E-state index >= 15 is 0 Å². The Morgan fingerprint density at radius 2 is 1.81 bits per heavy atom. The summed E-state index contributed by atoms with van der Waals surface area (Å²) >= 11 is 0. The summed E-state index contributed by atoms with van der Waals surface area (Å²) in [6.45, 7) is 0. The number of nitrogens with one attached hydrogen (secondary N) is 1. The quantitative estimate of drug-likeness (QED) is 0.801. The molecule has 0 radical (unpaired) electrons. The lowest BCUT2D eigenvalue weighted by atomic mass is 10.2.